The maximum atomic E-state index is 12.5. The molecule has 2 aliphatic rings. The third kappa shape index (κ3) is 3.69. The predicted molar refractivity (Wildman–Crippen MR) is 78.6 cm³/mol. The van der Waals surface area contributed by atoms with Gasteiger partial charge in [0.2, 0.25) is 0 Å². The third-order valence-electron chi connectivity index (χ3n) is 4.10. The van der Waals surface area contributed by atoms with Gasteiger partial charge in [-0.1, -0.05) is 0 Å². The van der Waals surface area contributed by atoms with Crippen LogP contribution in [0.2, 0.25) is 0 Å². The molecule has 10 heteroatoms. The summed E-state index contributed by atoms with van der Waals surface area (Å²) < 4.78 is 42.7. The number of urea groups is 1. The summed E-state index contributed by atoms with van der Waals surface area (Å²) >= 11 is 0. The second-order valence-electron chi connectivity index (χ2n) is 5.63. The van der Waals surface area contributed by atoms with Gasteiger partial charge in [0.15, 0.2) is 11.5 Å². The van der Waals surface area contributed by atoms with Gasteiger partial charge in [-0.2, -0.15) is 13.2 Å². The SMILES string of the molecule is O=C(N1CCOCC1)N1CCN(c2ccc(C(F)(F)F)nn2)CC1. The molecule has 0 spiro atoms. The van der Waals surface area contributed by atoms with E-state index in [1.807, 2.05) is 4.90 Å². The second kappa shape index (κ2) is 6.80. The highest BCUT2D eigenvalue weighted by Crippen LogP contribution is 2.27. The number of ether oxygens (including phenoxy) is 1. The highest BCUT2D eigenvalue weighted by Gasteiger charge is 2.33. The third-order valence-corrected chi connectivity index (χ3v) is 4.10. The van der Waals surface area contributed by atoms with Crippen molar-refractivity contribution in [3.63, 3.8) is 0 Å². The van der Waals surface area contributed by atoms with Crippen molar-refractivity contribution in [1.29, 1.82) is 0 Å². The van der Waals surface area contributed by atoms with Gasteiger partial charge in [-0.15, -0.1) is 10.2 Å². The van der Waals surface area contributed by atoms with Gasteiger partial charge in [0.1, 0.15) is 0 Å². The molecule has 2 fully saturated rings. The van der Waals surface area contributed by atoms with Crippen LogP contribution in [0.25, 0.3) is 0 Å². The quantitative estimate of drug-likeness (QED) is 0.762. The van der Waals surface area contributed by atoms with Gasteiger partial charge in [-0.25, -0.2) is 4.79 Å². The Morgan fingerprint density at radius 2 is 1.58 bits per heavy atom. The number of hydrogen-bond donors (Lipinski definition) is 0. The lowest BCUT2D eigenvalue weighted by Crippen LogP contribution is -2.55. The number of amides is 2. The van der Waals surface area contributed by atoms with Crippen molar-refractivity contribution >= 4 is 11.8 Å². The van der Waals surface area contributed by atoms with Gasteiger partial charge < -0.3 is 19.4 Å². The number of morpholine rings is 1. The highest BCUT2D eigenvalue weighted by molar-refractivity contribution is 5.75. The van der Waals surface area contributed by atoms with E-state index in [0.29, 0.717) is 58.3 Å². The first-order valence-electron chi connectivity index (χ1n) is 7.72. The minimum atomic E-state index is -4.49. The van der Waals surface area contributed by atoms with Crippen LogP contribution in [0.15, 0.2) is 12.1 Å². The number of alkyl halides is 3. The molecule has 1 aromatic heterocycles. The number of piperazine rings is 1. The van der Waals surface area contributed by atoms with E-state index in [2.05, 4.69) is 10.2 Å². The van der Waals surface area contributed by atoms with Gasteiger partial charge in [0, 0.05) is 39.3 Å². The Hall–Kier alpha value is -2.10. The van der Waals surface area contributed by atoms with Gasteiger partial charge in [0.25, 0.3) is 0 Å². The first kappa shape index (κ1) is 16.7. The molecule has 24 heavy (non-hydrogen) atoms. The van der Waals surface area contributed by atoms with Crippen LogP contribution in [0.3, 0.4) is 0 Å². The lowest BCUT2D eigenvalue weighted by atomic mass is 10.3. The molecule has 0 N–H and O–H groups in total. The Morgan fingerprint density at radius 3 is 2.12 bits per heavy atom. The maximum Gasteiger partial charge on any atom is 0.435 e. The largest absolute Gasteiger partial charge is 0.435 e. The fourth-order valence-electron chi connectivity index (χ4n) is 2.73. The molecule has 0 saturated carbocycles. The number of rotatable bonds is 1. The fraction of sp³-hybridized carbons (Fsp3) is 0.643. The number of carbonyl (C=O) groups is 1. The van der Waals surface area contributed by atoms with E-state index in [1.54, 1.807) is 9.80 Å². The van der Waals surface area contributed by atoms with Gasteiger partial charge >= 0.3 is 12.2 Å². The number of nitrogens with zero attached hydrogens (tertiary/aromatic N) is 5. The smallest absolute Gasteiger partial charge is 0.378 e. The molecule has 132 valence electrons. The molecular formula is C14H18F3N5O2. The molecule has 1 aromatic rings. The standard InChI is InChI=1S/C14H18F3N5O2/c15-14(16,17)11-1-2-12(19-18-11)20-3-5-21(6-4-20)13(23)22-7-9-24-10-8-22/h1-2H,3-10H2. The first-order valence-corrected chi connectivity index (χ1v) is 7.72. The zero-order valence-electron chi connectivity index (χ0n) is 13.0. The van der Waals surface area contributed by atoms with Crippen molar-refractivity contribution in [3.05, 3.63) is 17.8 Å². The van der Waals surface area contributed by atoms with E-state index in [-0.39, 0.29) is 6.03 Å². The summed E-state index contributed by atoms with van der Waals surface area (Å²) in [5.74, 6) is 0.390. The Kier molecular flexibility index (Phi) is 4.74. The molecule has 0 bridgehead atoms. The van der Waals surface area contributed by atoms with Crippen molar-refractivity contribution in [2.75, 3.05) is 57.4 Å². The van der Waals surface area contributed by atoms with Crippen LogP contribution in [-0.2, 0) is 10.9 Å². The molecule has 0 radical (unpaired) electrons. The maximum absolute atomic E-state index is 12.5. The molecule has 2 aliphatic heterocycles. The van der Waals surface area contributed by atoms with E-state index >= 15 is 0 Å². The molecule has 3 rings (SSSR count). The number of halogens is 3. The van der Waals surface area contributed by atoms with Gasteiger partial charge in [-0.05, 0) is 12.1 Å². The fourth-order valence-corrected chi connectivity index (χ4v) is 2.73. The molecule has 0 aliphatic carbocycles. The molecule has 2 amide bonds. The predicted octanol–water partition coefficient (Wildman–Crippen LogP) is 1.07. The zero-order valence-corrected chi connectivity index (χ0v) is 13.0. The number of anilines is 1. The Labute approximate surface area is 137 Å². The van der Waals surface area contributed by atoms with E-state index in [4.69, 9.17) is 4.74 Å². The summed E-state index contributed by atoms with van der Waals surface area (Å²) in [6.45, 7) is 4.29. The Morgan fingerprint density at radius 1 is 0.958 bits per heavy atom. The molecule has 3 heterocycles. The summed E-state index contributed by atoms with van der Waals surface area (Å²) in [5, 5.41) is 6.89. The van der Waals surface area contributed by atoms with Gasteiger partial charge in [-0.3, -0.25) is 0 Å². The van der Waals surface area contributed by atoms with Gasteiger partial charge in [0.05, 0.1) is 13.2 Å². The van der Waals surface area contributed by atoms with E-state index < -0.39 is 11.9 Å². The molecule has 0 aromatic carbocycles. The van der Waals surface area contributed by atoms with E-state index in [1.165, 1.54) is 6.07 Å². The van der Waals surface area contributed by atoms with Crippen LogP contribution in [0.4, 0.5) is 23.8 Å². The summed E-state index contributed by atoms with van der Waals surface area (Å²) in [6.07, 6.45) is -4.49. The summed E-state index contributed by atoms with van der Waals surface area (Å²) in [7, 11) is 0. The monoisotopic (exact) mass is 345 g/mol. The topological polar surface area (TPSA) is 61.8 Å². The van der Waals surface area contributed by atoms with Crippen LogP contribution in [0, 0.1) is 0 Å². The minimum Gasteiger partial charge on any atom is -0.378 e. The van der Waals surface area contributed by atoms with Crippen LogP contribution < -0.4 is 4.90 Å². The molecule has 2 saturated heterocycles. The lowest BCUT2D eigenvalue weighted by molar-refractivity contribution is -0.141. The van der Waals surface area contributed by atoms with Crippen molar-refractivity contribution in [2.45, 2.75) is 6.18 Å². The van der Waals surface area contributed by atoms with Crippen LogP contribution in [0.1, 0.15) is 5.69 Å². The van der Waals surface area contributed by atoms with E-state index in [0.717, 1.165) is 6.07 Å². The Bertz CT molecular complexity index is 567. The number of hydrogen-bond acceptors (Lipinski definition) is 5. The molecule has 7 nitrogen and oxygen atoms in total. The van der Waals surface area contributed by atoms with Crippen molar-refractivity contribution in [2.24, 2.45) is 0 Å². The van der Waals surface area contributed by atoms with Crippen LogP contribution >= 0.6 is 0 Å². The van der Waals surface area contributed by atoms with Crippen molar-refractivity contribution < 1.29 is 22.7 Å². The van der Waals surface area contributed by atoms with Crippen LogP contribution in [-0.4, -0.2) is 78.5 Å². The summed E-state index contributed by atoms with van der Waals surface area (Å²) in [6, 6.07) is 2.22. The van der Waals surface area contributed by atoms with Crippen molar-refractivity contribution in [3.8, 4) is 0 Å². The average Bonchev–Trinajstić information content (AvgIpc) is 2.61. The number of carbonyl (C=O) groups excluding carboxylic acids is 1. The van der Waals surface area contributed by atoms with E-state index in [9.17, 15) is 18.0 Å². The number of aromatic nitrogens is 2. The van der Waals surface area contributed by atoms with Crippen molar-refractivity contribution in [1.82, 2.24) is 20.0 Å². The molecule has 0 unspecified atom stereocenters. The minimum absolute atomic E-state index is 0.0172. The summed E-state index contributed by atoms with van der Waals surface area (Å²) in [5.41, 5.74) is -1.01. The molecule has 0 atom stereocenters. The highest BCUT2D eigenvalue weighted by atomic mass is 19.4. The first-order chi connectivity index (χ1) is 11.4. The summed E-state index contributed by atoms with van der Waals surface area (Å²) in [4.78, 5) is 17.7. The van der Waals surface area contributed by atoms with Crippen LogP contribution in [0.5, 0.6) is 0 Å². The Balaban J connectivity index is 1.55. The second-order valence-corrected chi connectivity index (χ2v) is 5.63. The molecular weight excluding hydrogens is 327 g/mol. The zero-order chi connectivity index (χ0) is 17.2. The average molecular weight is 345 g/mol. The lowest BCUT2D eigenvalue weighted by Gasteiger charge is -2.38. The normalized spacial score (nSPS) is 19.5.